The van der Waals surface area contributed by atoms with Crippen LogP contribution < -0.4 is 4.74 Å². The summed E-state index contributed by atoms with van der Waals surface area (Å²) in [6.45, 7) is 3.57. The van der Waals surface area contributed by atoms with Gasteiger partial charge in [0, 0.05) is 20.1 Å². The van der Waals surface area contributed by atoms with Crippen LogP contribution in [0.15, 0.2) is 91.0 Å². The molecule has 230 valence electrons. The van der Waals surface area contributed by atoms with Gasteiger partial charge in [-0.2, -0.15) is 0 Å². The number of aliphatic carboxylic acids is 1. The van der Waals surface area contributed by atoms with E-state index in [1.165, 1.54) is 58.9 Å². The molecule has 4 aromatic rings. The van der Waals surface area contributed by atoms with Crippen molar-refractivity contribution in [3.05, 3.63) is 136 Å². The van der Waals surface area contributed by atoms with E-state index in [4.69, 9.17) is 9.47 Å². The van der Waals surface area contributed by atoms with E-state index < -0.39 is 12.1 Å². The van der Waals surface area contributed by atoms with Gasteiger partial charge in [-0.3, -0.25) is 4.90 Å². The molecular weight excluding hydrogens is 546 g/mol. The predicted octanol–water partition coefficient (Wildman–Crippen LogP) is 7.46. The van der Waals surface area contributed by atoms with Crippen molar-refractivity contribution in [3.8, 4) is 5.75 Å². The SMILES string of the molecule is CCCCc1ccc2c(c1)C(N(C)CCOc1ccc(CC(OC)C(=O)O)cc1)c1ccc(Cc3ccccc3)cc1CC2. The fourth-order valence-electron chi connectivity index (χ4n) is 6.30. The van der Waals surface area contributed by atoms with E-state index in [0.29, 0.717) is 13.0 Å². The van der Waals surface area contributed by atoms with Gasteiger partial charge in [0.15, 0.2) is 6.10 Å². The first-order valence-corrected chi connectivity index (χ1v) is 15.9. The number of ether oxygens (including phenoxy) is 2. The zero-order valence-electron chi connectivity index (χ0n) is 26.3. The molecule has 0 amide bonds. The predicted molar refractivity (Wildman–Crippen MR) is 177 cm³/mol. The highest BCUT2D eigenvalue weighted by Crippen LogP contribution is 2.37. The summed E-state index contributed by atoms with van der Waals surface area (Å²) in [5.41, 5.74) is 10.7. The van der Waals surface area contributed by atoms with Crippen molar-refractivity contribution < 1.29 is 19.4 Å². The maximum absolute atomic E-state index is 11.3. The summed E-state index contributed by atoms with van der Waals surface area (Å²) < 4.78 is 11.3. The molecule has 4 aromatic carbocycles. The molecule has 5 nitrogen and oxygen atoms in total. The van der Waals surface area contributed by atoms with Gasteiger partial charge in [-0.15, -0.1) is 0 Å². The van der Waals surface area contributed by atoms with Crippen LogP contribution in [0.25, 0.3) is 0 Å². The number of fused-ring (bicyclic) bond motifs is 2. The first-order valence-electron chi connectivity index (χ1n) is 15.9. The average molecular weight is 592 g/mol. The van der Waals surface area contributed by atoms with E-state index in [2.05, 4.69) is 85.6 Å². The van der Waals surface area contributed by atoms with Gasteiger partial charge in [0.25, 0.3) is 0 Å². The van der Waals surface area contributed by atoms with Crippen molar-refractivity contribution in [1.82, 2.24) is 4.90 Å². The standard InChI is InChI=1S/C39H45NO4/c1-4-5-9-29-12-16-32-17-18-33-25-31(24-28-10-7-6-8-11-28)15-21-35(33)38(36(32)26-29)40(2)22-23-44-34-19-13-30(14-20-34)27-37(43-3)39(41)42/h6-8,10-16,19-21,25-26,37-38H,4-5,9,17-18,22-24,27H2,1-3H3,(H,41,42). The van der Waals surface area contributed by atoms with E-state index in [1.54, 1.807) is 0 Å². The van der Waals surface area contributed by atoms with Crippen LogP contribution in [0.3, 0.4) is 0 Å². The Labute approximate surface area is 262 Å². The van der Waals surface area contributed by atoms with Gasteiger partial charge in [-0.1, -0.05) is 92.2 Å². The molecule has 1 aliphatic carbocycles. The smallest absolute Gasteiger partial charge is 0.333 e. The van der Waals surface area contributed by atoms with Crippen LogP contribution in [0.5, 0.6) is 5.75 Å². The van der Waals surface area contributed by atoms with Crippen LogP contribution in [0.2, 0.25) is 0 Å². The van der Waals surface area contributed by atoms with Crippen LogP contribution >= 0.6 is 0 Å². The van der Waals surface area contributed by atoms with Crippen LogP contribution in [0.4, 0.5) is 0 Å². The molecule has 0 radical (unpaired) electrons. The third-order valence-corrected chi connectivity index (χ3v) is 8.80. The third-order valence-electron chi connectivity index (χ3n) is 8.80. The molecule has 0 heterocycles. The fraction of sp³-hybridized carbons (Fsp3) is 0.359. The molecule has 5 rings (SSSR count). The highest BCUT2D eigenvalue weighted by Gasteiger charge is 2.27. The lowest BCUT2D eigenvalue weighted by Crippen LogP contribution is -2.30. The van der Waals surface area contributed by atoms with E-state index in [1.807, 2.05) is 24.3 Å². The van der Waals surface area contributed by atoms with E-state index in [0.717, 1.165) is 43.5 Å². The summed E-state index contributed by atoms with van der Waals surface area (Å²) in [6, 6.07) is 32.8. The molecule has 2 unspecified atom stereocenters. The maximum atomic E-state index is 11.3. The first-order chi connectivity index (χ1) is 21.4. The Morgan fingerprint density at radius 1 is 0.864 bits per heavy atom. The second-order valence-corrected chi connectivity index (χ2v) is 12.0. The van der Waals surface area contributed by atoms with E-state index in [9.17, 15) is 9.90 Å². The number of aryl methyl sites for hydroxylation is 3. The zero-order valence-corrected chi connectivity index (χ0v) is 26.3. The number of hydrogen-bond donors (Lipinski definition) is 1. The van der Waals surface area contributed by atoms with Gasteiger partial charge in [0.05, 0.1) is 6.04 Å². The van der Waals surface area contributed by atoms with Gasteiger partial charge in [0.1, 0.15) is 12.4 Å². The molecule has 0 bridgehead atoms. The van der Waals surface area contributed by atoms with Crippen molar-refractivity contribution in [2.75, 3.05) is 27.3 Å². The average Bonchev–Trinajstić information content (AvgIpc) is 3.20. The van der Waals surface area contributed by atoms with Crippen LogP contribution in [-0.4, -0.2) is 49.4 Å². The minimum Gasteiger partial charge on any atom is -0.492 e. The summed E-state index contributed by atoms with van der Waals surface area (Å²) in [6.07, 6.45) is 6.01. The maximum Gasteiger partial charge on any atom is 0.333 e. The molecule has 1 N–H and O–H groups in total. The fourth-order valence-corrected chi connectivity index (χ4v) is 6.30. The highest BCUT2D eigenvalue weighted by atomic mass is 16.5. The second-order valence-electron chi connectivity index (χ2n) is 12.0. The van der Waals surface area contributed by atoms with Crippen molar-refractivity contribution in [2.24, 2.45) is 0 Å². The minimum atomic E-state index is -0.956. The van der Waals surface area contributed by atoms with E-state index in [-0.39, 0.29) is 6.04 Å². The molecule has 1 aliphatic rings. The van der Waals surface area contributed by atoms with Crippen molar-refractivity contribution in [2.45, 2.75) is 64.0 Å². The Morgan fingerprint density at radius 3 is 2.32 bits per heavy atom. The van der Waals surface area contributed by atoms with Gasteiger partial charge in [-0.25, -0.2) is 4.79 Å². The number of nitrogens with zero attached hydrogens (tertiary/aromatic N) is 1. The third kappa shape index (κ3) is 7.96. The van der Waals surface area contributed by atoms with Gasteiger partial charge in [-0.05, 0) is 95.8 Å². The highest BCUT2D eigenvalue weighted by molar-refractivity contribution is 5.72. The number of rotatable bonds is 14. The molecule has 0 saturated carbocycles. The number of benzene rings is 4. The summed E-state index contributed by atoms with van der Waals surface area (Å²) in [4.78, 5) is 13.8. The number of hydrogen-bond acceptors (Lipinski definition) is 4. The normalized spacial score (nSPS) is 14.9. The second kappa shape index (κ2) is 15.2. The number of likely N-dealkylation sites (N-methyl/N-ethyl adjacent to an activating group) is 1. The molecule has 0 fully saturated rings. The number of carbonyl (C=O) groups is 1. The largest absolute Gasteiger partial charge is 0.492 e. The van der Waals surface area contributed by atoms with Crippen molar-refractivity contribution in [1.29, 1.82) is 0 Å². The van der Waals surface area contributed by atoms with Crippen LogP contribution in [0, 0.1) is 0 Å². The lowest BCUT2D eigenvalue weighted by atomic mass is 9.90. The topological polar surface area (TPSA) is 59.0 Å². The Morgan fingerprint density at radius 2 is 1.59 bits per heavy atom. The molecule has 5 heteroatoms. The molecule has 0 saturated heterocycles. The molecule has 2 atom stereocenters. The van der Waals surface area contributed by atoms with Crippen LogP contribution in [0.1, 0.15) is 70.3 Å². The Balaban J connectivity index is 1.34. The van der Waals surface area contributed by atoms with Gasteiger partial charge < -0.3 is 14.6 Å². The van der Waals surface area contributed by atoms with Gasteiger partial charge in [0.2, 0.25) is 0 Å². The van der Waals surface area contributed by atoms with E-state index >= 15 is 0 Å². The summed E-state index contributed by atoms with van der Waals surface area (Å²) in [5.74, 6) is -0.178. The number of carboxylic acids is 1. The van der Waals surface area contributed by atoms with Crippen molar-refractivity contribution >= 4 is 5.97 Å². The summed E-state index contributed by atoms with van der Waals surface area (Å²) >= 11 is 0. The van der Waals surface area contributed by atoms with Gasteiger partial charge >= 0.3 is 5.97 Å². The van der Waals surface area contributed by atoms with Crippen LogP contribution in [-0.2, 0) is 41.6 Å². The van der Waals surface area contributed by atoms with Crippen molar-refractivity contribution in [3.63, 3.8) is 0 Å². The molecule has 0 spiro atoms. The Kier molecular flexibility index (Phi) is 10.9. The number of carboxylic acid groups (broad SMARTS) is 1. The minimum absolute atomic E-state index is 0.155. The molecule has 44 heavy (non-hydrogen) atoms. The number of methoxy groups -OCH3 is 1. The lowest BCUT2D eigenvalue weighted by molar-refractivity contribution is -0.148. The first kappa shape index (κ1) is 31.5. The number of unbranched alkanes of at least 4 members (excludes halogenated alkanes) is 1. The Hall–Kier alpha value is -3.93. The molecule has 0 aliphatic heterocycles. The summed E-state index contributed by atoms with van der Waals surface area (Å²) in [7, 11) is 3.64. The lowest BCUT2D eigenvalue weighted by Gasteiger charge is -2.31. The molecular formula is C39H45NO4. The summed E-state index contributed by atoms with van der Waals surface area (Å²) in [5, 5.41) is 9.28. The Bertz CT molecular complexity index is 1520. The zero-order chi connectivity index (χ0) is 30.9. The molecule has 0 aromatic heterocycles. The monoisotopic (exact) mass is 591 g/mol. The quantitative estimate of drug-likeness (QED) is 0.165.